The second kappa shape index (κ2) is 4.14. The molecule has 0 spiro atoms. The Morgan fingerprint density at radius 1 is 1.56 bits per heavy atom. The fourth-order valence-electron chi connectivity index (χ4n) is 2.01. The minimum atomic E-state index is 0.302. The fourth-order valence-corrected chi connectivity index (χ4v) is 2.44. The summed E-state index contributed by atoms with van der Waals surface area (Å²) in [5.74, 6) is 0.860. The number of halogens is 1. The number of hydrogen-bond donors (Lipinski definition) is 0. The molecular formula is C11H12BrN3O. The molecule has 0 radical (unpaired) electrons. The summed E-state index contributed by atoms with van der Waals surface area (Å²) in [5.41, 5.74) is 0.871. The highest BCUT2D eigenvalue weighted by Crippen LogP contribution is 2.18. The normalized spacial score (nSPS) is 20.7. The molecule has 0 saturated carbocycles. The molecule has 1 aliphatic heterocycles. The van der Waals surface area contributed by atoms with Crippen molar-refractivity contribution >= 4 is 21.6 Å². The Balaban J connectivity index is 1.90. The second-order valence-corrected chi connectivity index (χ2v) is 4.85. The first-order chi connectivity index (χ1) is 7.83. The van der Waals surface area contributed by atoms with Crippen LogP contribution in [-0.2, 0) is 11.2 Å². The van der Waals surface area contributed by atoms with Gasteiger partial charge in [0.05, 0.1) is 10.6 Å². The van der Waals surface area contributed by atoms with E-state index in [-0.39, 0.29) is 0 Å². The van der Waals surface area contributed by atoms with Gasteiger partial charge in [0.1, 0.15) is 0 Å². The number of hydrogen-bond acceptors (Lipinski definition) is 3. The molecule has 4 nitrogen and oxygen atoms in total. The average molecular weight is 282 g/mol. The molecule has 5 heteroatoms. The van der Waals surface area contributed by atoms with E-state index in [2.05, 4.69) is 26.0 Å². The van der Waals surface area contributed by atoms with Gasteiger partial charge in [-0.25, -0.2) is 9.50 Å². The lowest BCUT2D eigenvalue weighted by Gasteiger charge is -2.04. The van der Waals surface area contributed by atoms with Crippen LogP contribution in [0.4, 0.5) is 0 Å². The Bertz CT molecular complexity index is 505. The number of aromatic nitrogens is 3. The molecule has 1 aliphatic rings. The van der Waals surface area contributed by atoms with Crippen molar-refractivity contribution in [3.63, 3.8) is 0 Å². The van der Waals surface area contributed by atoms with Crippen molar-refractivity contribution in [3.8, 4) is 0 Å². The topological polar surface area (TPSA) is 39.4 Å². The summed E-state index contributed by atoms with van der Waals surface area (Å²) in [4.78, 5) is 4.50. The third kappa shape index (κ3) is 1.85. The summed E-state index contributed by atoms with van der Waals surface area (Å²) in [7, 11) is 0. The Morgan fingerprint density at radius 3 is 3.25 bits per heavy atom. The minimum Gasteiger partial charge on any atom is -0.378 e. The molecule has 3 heterocycles. The van der Waals surface area contributed by atoms with Crippen molar-refractivity contribution in [2.45, 2.75) is 25.4 Å². The molecule has 3 rings (SSSR count). The van der Waals surface area contributed by atoms with Gasteiger partial charge in [0.15, 0.2) is 11.5 Å². The van der Waals surface area contributed by atoms with E-state index in [1.807, 2.05) is 18.3 Å². The average Bonchev–Trinajstić information content (AvgIpc) is 2.88. The smallest absolute Gasteiger partial charge is 0.169 e. The lowest BCUT2D eigenvalue weighted by Crippen LogP contribution is -2.10. The summed E-state index contributed by atoms with van der Waals surface area (Å²) in [5, 5.41) is 4.43. The van der Waals surface area contributed by atoms with E-state index in [0.29, 0.717) is 6.10 Å². The summed E-state index contributed by atoms with van der Waals surface area (Å²) >= 11 is 3.47. The number of rotatable bonds is 2. The molecule has 16 heavy (non-hydrogen) atoms. The molecule has 2 aromatic rings. The van der Waals surface area contributed by atoms with Gasteiger partial charge in [-0.2, -0.15) is 5.10 Å². The monoisotopic (exact) mass is 281 g/mol. The quantitative estimate of drug-likeness (QED) is 0.847. The Morgan fingerprint density at radius 2 is 2.50 bits per heavy atom. The maximum Gasteiger partial charge on any atom is 0.169 e. The standard InChI is InChI=1S/C11H12BrN3O/c12-9-4-1-5-15-11(9)13-10(14-15)7-8-3-2-6-16-8/h1,4-5,8H,2-3,6-7H2. The largest absolute Gasteiger partial charge is 0.378 e. The highest BCUT2D eigenvalue weighted by atomic mass is 79.9. The zero-order chi connectivity index (χ0) is 11.0. The predicted molar refractivity (Wildman–Crippen MR) is 63.4 cm³/mol. The molecule has 1 fully saturated rings. The van der Waals surface area contributed by atoms with Gasteiger partial charge in [0.25, 0.3) is 0 Å². The molecular weight excluding hydrogens is 270 g/mol. The van der Waals surface area contributed by atoms with Crippen LogP contribution in [0.3, 0.4) is 0 Å². The molecule has 1 unspecified atom stereocenters. The summed E-state index contributed by atoms with van der Waals surface area (Å²) in [6.07, 6.45) is 5.30. The minimum absolute atomic E-state index is 0.302. The first-order valence-electron chi connectivity index (χ1n) is 5.44. The molecule has 0 amide bonds. The Hall–Kier alpha value is -0.940. The lowest BCUT2D eigenvalue weighted by atomic mass is 10.2. The number of fused-ring (bicyclic) bond motifs is 1. The fraction of sp³-hybridized carbons (Fsp3) is 0.455. The number of pyridine rings is 1. The zero-order valence-electron chi connectivity index (χ0n) is 8.77. The van der Waals surface area contributed by atoms with E-state index >= 15 is 0 Å². The molecule has 1 atom stereocenters. The first kappa shape index (κ1) is 10.2. The van der Waals surface area contributed by atoms with Crippen LogP contribution >= 0.6 is 15.9 Å². The molecule has 0 bridgehead atoms. The summed E-state index contributed by atoms with van der Waals surface area (Å²) in [6, 6.07) is 3.92. The highest BCUT2D eigenvalue weighted by molar-refractivity contribution is 9.10. The SMILES string of the molecule is Brc1cccn2nc(CC3CCCO3)nc12. The molecule has 0 aromatic carbocycles. The third-order valence-electron chi connectivity index (χ3n) is 2.79. The van der Waals surface area contributed by atoms with Crippen molar-refractivity contribution < 1.29 is 4.74 Å². The summed E-state index contributed by atoms with van der Waals surface area (Å²) in [6.45, 7) is 0.877. The van der Waals surface area contributed by atoms with Crippen molar-refractivity contribution in [3.05, 3.63) is 28.6 Å². The van der Waals surface area contributed by atoms with Crippen LogP contribution in [-0.4, -0.2) is 27.3 Å². The first-order valence-corrected chi connectivity index (χ1v) is 6.23. The Labute approximate surface area is 102 Å². The molecule has 0 N–H and O–H groups in total. The van der Waals surface area contributed by atoms with E-state index in [0.717, 1.165) is 41.8 Å². The maximum atomic E-state index is 5.58. The number of ether oxygens (including phenoxy) is 1. The van der Waals surface area contributed by atoms with E-state index in [1.54, 1.807) is 4.52 Å². The van der Waals surface area contributed by atoms with Crippen LogP contribution in [0.5, 0.6) is 0 Å². The third-order valence-corrected chi connectivity index (χ3v) is 3.41. The molecule has 0 aliphatic carbocycles. The van der Waals surface area contributed by atoms with Gasteiger partial charge in [-0.05, 0) is 40.9 Å². The number of nitrogens with zero attached hydrogens (tertiary/aromatic N) is 3. The van der Waals surface area contributed by atoms with E-state index in [1.165, 1.54) is 0 Å². The Kier molecular flexibility index (Phi) is 2.65. The van der Waals surface area contributed by atoms with Crippen LogP contribution < -0.4 is 0 Å². The van der Waals surface area contributed by atoms with Gasteiger partial charge in [-0.1, -0.05) is 0 Å². The molecule has 1 saturated heterocycles. The van der Waals surface area contributed by atoms with Crippen molar-refractivity contribution in [1.29, 1.82) is 0 Å². The molecule has 2 aromatic heterocycles. The lowest BCUT2D eigenvalue weighted by molar-refractivity contribution is 0.110. The molecule has 84 valence electrons. The predicted octanol–water partition coefficient (Wildman–Crippen LogP) is 2.21. The highest BCUT2D eigenvalue weighted by Gasteiger charge is 2.18. The van der Waals surface area contributed by atoms with Crippen molar-refractivity contribution in [2.24, 2.45) is 0 Å². The van der Waals surface area contributed by atoms with Gasteiger partial charge < -0.3 is 4.74 Å². The second-order valence-electron chi connectivity index (χ2n) is 3.99. The summed E-state index contributed by atoms with van der Waals surface area (Å²) < 4.78 is 8.36. The van der Waals surface area contributed by atoms with Crippen molar-refractivity contribution in [1.82, 2.24) is 14.6 Å². The van der Waals surface area contributed by atoms with Gasteiger partial charge in [-0.15, -0.1) is 0 Å². The van der Waals surface area contributed by atoms with Gasteiger partial charge in [-0.3, -0.25) is 0 Å². The maximum absolute atomic E-state index is 5.58. The van der Waals surface area contributed by atoms with Crippen LogP contribution in [0.15, 0.2) is 22.8 Å². The van der Waals surface area contributed by atoms with E-state index < -0.39 is 0 Å². The van der Waals surface area contributed by atoms with E-state index in [9.17, 15) is 0 Å². The van der Waals surface area contributed by atoms with Crippen molar-refractivity contribution in [2.75, 3.05) is 6.61 Å². The van der Waals surface area contributed by atoms with Gasteiger partial charge in [0, 0.05) is 19.2 Å². The van der Waals surface area contributed by atoms with Crippen LogP contribution in [0.25, 0.3) is 5.65 Å². The van der Waals surface area contributed by atoms with Gasteiger partial charge >= 0.3 is 0 Å². The van der Waals surface area contributed by atoms with E-state index in [4.69, 9.17) is 4.74 Å². The zero-order valence-corrected chi connectivity index (χ0v) is 10.4. The van der Waals surface area contributed by atoms with Crippen LogP contribution in [0.1, 0.15) is 18.7 Å². The van der Waals surface area contributed by atoms with Crippen LogP contribution in [0, 0.1) is 0 Å². The van der Waals surface area contributed by atoms with Crippen LogP contribution in [0.2, 0.25) is 0 Å². The van der Waals surface area contributed by atoms with Gasteiger partial charge in [0.2, 0.25) is 0 Å².